The first kappa shape index (κ1) is 41.0. The molecule has 10 heteroatoms. The van der Waals surface area contributed by atoms with E-state index >= 15 is 0 Å². The van der Waals surface area contributed by atoms with Crippen molar-refractivity contribution in [3.63, 3.8) is 0 Å². The molecule has 10 aromatic rings. The number of nitrogens with one attached hydrogen (secondary N) is 4. The van der Waals surface area contributed by atoms with Crippen LogP contribution in [0.15, 0.2) is 170 Å². The van der Waals surface area contributed by atoms with Gasteiger partial charge in [0.05, 0.1) is 24.5 Å². The Hall–Kier alpha value is -7.08. The quantitative estimate of drug-likeness (QED) is 0.0472. The van der Waals surface area contributed by atoms with Gasteiger partial charge >= 0.3 is 0 Å². The first-order chi connectivity index (χ1) is 31.7. The van der Waals surface area contributed by atoms with Crippen molar-refractivity contribution in [1.82, 2.24) is 51.3 Å². The standard InChI is InChI=1S/C54H52N10/c1-5-13-49-43(9-1)29-44-10-2-6-14-50(44)53(49)35-55-25-27-63-37-47(59-61-63)33-57-31-39-17-21-41(22-18-39)42-23-19-40(20-24-42)32-58-34-48-38-64(62-60-48)28-26-56-36-54-51-15-7-3-11-45(51)30-46-12-4-8-16-52(46)54/h1-24,29-30,37-38,55-58H,25-28,31-36H2. The molecule has 64 heavy (non-hydrogen) atoms. The number of hydrogen-bond donors (Lipinski definition) is 4. The zero-order valence-electron chi connectivity index (χ0n) is 35.9. The van der Waals surface area contributed by atoms with Gasteiger partial charge in [-0.3, -0.25) is 9.36 Å². The van der Waals surface area contributed by atoms with Crippen LogP contribution in [0.5, 0.6) is 0 Å². The van der Waals surface area contributed by atoms with Gasteiger partial charge in [-0.25, -0.2) is 0 Å². The highest BCUT2D eigenvalue weighted by molar-refractivity contribution is 6.03. The molecular weight excluding hydrogens is 789 g/mol. The van der Waals surface area contributed by atoms with Crippen LogP contribution in [0, 0.1) is 0 Å². The van der Waals surface area contributed by atoms with Gasteiger partial charge < -0.3 is 21.3 Å². The van der Waals surface area contributed by atoms with Crippen LogP contribution in [0.3, 0.4) is 0 Å². The topological polar surface area (TPSA) is 110 Å². The summed E-state index contributed by atoms with van der Waals surface area (Å²) in [5, 5.41) is 42.2. The zero-order chi connectivity index (χ0) is 42.9. The second-order valence-electron chi connectivity index (χ2n) is 16.5. The molecule has 4 N–H and O–H groups in total. The Morgan fingerprint density at radius 3 is 1.09 bits per heavy atom. The molecule has 318 valence electrons. The predicted octanol–water partition coefficient (Wildman–Crippen LogP) is 9.31. The molecule has 0 unspecified atom stereocenters. The summed E-state index contributed by atoms with van der Waals surface area (Å²) in [4.78, 5) is 0. The number of benzene rings is 8. The summed E-state index contributed by atoms with van der Waals surface area (Å²) in [7, 11) is 0. The average molecular weight is 841 g/mol. The fourth-order valence-corrected chi connectivity index (χ4v) is 8.77. The van der Waals surface area contributed by atoms with Gasteiger partial charge in [0.1, 0.15) is 0 Å². The Labute approximate surface area is 373 Å². The Bertz CT molecular complexity index is 2810. The van der Waals surface area contributed by atoms with Crippen molar-refractivity contribution in [3.05, 3.63) is 204 Å². The normalized spacial score (nSPS) is 11.7. The minimum Gasteiger partial charge on any atom is -0.311 e. The van der Waals surface area contributed by atoms with Crippen LogP contribution >= 0.6 is 0 Å². The molecule has 0 spiro atoms. The van der Waals surface area contributed by atoms with E-state index in [9.17, 15) is 0 Å². The van der Waals surface area contributed by atoms with Crippen LogP contribution in [-0.2, 0) is 52.4 Å². The molecule has 10 rings (SSSR count). The van der Waals surface area contributed by atoms with Crippen LogP contribution in [0.2, 0.25) is 0 Å². The van der Waals surface area contributed by atoms with E-state index in [4.69, 9.17) is 0 Å². The molecule has 0 aliphatic heterocycles. The third-order valence-electron chi connectivity index (χ3n) is 12.1. The van der Waals surface area contributed by atoms with E-state index in [1.54, 1.807) is 0 Å². The van der Waals surface area contributed by atoms with Crippen molar-refractivity contribution in [2.75, 3.05) is 13.1 Å². The van der Waals surface area contributed by atoms with Gasteiger partial charge in [-0.1, -0.05) is 156 Å². The van der Waals surface area contributed by atoms with Gasteiger partial charge in [0.2, 0.25) is 0 Å². The number of aromatic nitrogens is 6. The molecule has 0 aliphatic carbocycles. The van der Waals surface area contributed by atoms with E-state index in [-0.39, 0.29) is 0 Å². The van der Waals surface area contributed by atoms with Crippen molar-refractivity contribution in [1.29, 1.82) is 0 Å². The number of fused-ring (bicyclic) bond motifs is 4. The zero-order valence-corrected chi connectivity index (χ0v) is 35.9. The first-order valence-corrected chi connectivity index (χ1v) is 22.3. The second-order valence-corrected chi connectivity index (χ2v) is 16.5. The minimum absolute atomic E-state index is 0.660. The lowest BCUT2D eigenvalue weighted by atomic mass is 9.97. The van der Waals surface area contributed by atoms with Crippen LogP contribution in [-0.4, -0.2) is 43.1 Å². The summed E-state index contributed by atoms with van der Waals surface area (Å²) in [5.41, 5.74) is 9.39. The lowest BCUT2D eigenvalue weighted by molar-refractivity contribution is 0.541. The lowest BCUT2D eigenvalue weighted by Crippen LogP contribution is -2.20. The minimum atomic E-state index is 0.660. The van der Waals surface area contributed by atoms with Gasteiger partial charge in [-0.05, 0) is 88.6 Å². The third-order valence-corrected chi connectivity index (χ3v) is 12.1. The van der Waals surface area contributed by atoms with E-state index < -0.39 is 0 Å². The largest absolute Gasteiger partial charge is 0.311 e. The Balaban J connectivity index is 0.629. The third kappa shape index (κ3) is 9.61. The van der Waals surface area contributed by atoms with Crippen LogP contribution in [0.25, 0.3) is 54.2 Å². The van der Waals surface area contributed by atoms with E-state index in [0.717, 1.165) is 63.7 Å². The van der Waals surface area contributed by atoms with Gasteiger partial charge in [-0.15, -0.1) is 10.2 Å². The molecule has 0 aliphatic rings. The summed E-state index contributed by atoms with van der Waals surface area (Å²) >= 11 is 0. The monoisotopic (exact) mass is 840 g/mol. The van der Waals surface area contributed by atoms with Gasteiger partial charge in [-0.2, -0.15) is 0 Å². The molecular formula is C54H52N10. The Morgan fingerprint density at radius 1 is 0.359 bits per heavy atom. The maximum absolute atomic E-state index is 4.40. The van der Waals surface area contributed by atoms with Crippen LogP contribution < -0.4 is 21.3 Å². The van der Waals surface area contributed by atoms with Crippen LogP contribution in [0.4, 0.5) is 0 Å². The molecule has 0 atom stereocenters. The lowest BCUT2D eigenvalue weighted by Gasteiger charge is -2.12. The van der Waals surface area contributed by atoms with Gasteiger partial charge in [0, 0.05) is 64.8 Å². The fraction of sp³-hybridized carbons (Fsp3) is 0.185. The number of hydrogen-bond acceptors (Lipinski definition) is 8. The second kappa shape index (κ2) is 19.5. The Morgan fingerprint density at radius 2 is 0.719 bits per heavy atom. The Kier molecular flexibility index (Phi) is 12.5. The maximum Gasteiger partial charge on any atom is 0.0964 e. The van der Waals surface area contributed by atoms with E-state index in [1.165, 1.54) is 76.5 Å². The van der Waals surface area contributed by atoms with E-state index in [0.29, 0.717) is 13.1 Å². The number of nitrogens with zero attached hydrogens (tertiary/aromatic N) is 6. The summed E-state index contributed by atoms with van der Waals surface area (Å²) in [6.45, 7) is 7.54. The van der Waals surface area contributed by atoms with Gasteiger partial charge in [0.25, 0.3) is 0 Å². The molecule has 10 nitrogen and oxygen atoms in total. The summed E-state index contributed by atoms with van der Waals surface area (Å²) in [5.74, 6) is 0. The highest BCUT2D eigenvalue weighted by atomic mass is 15.4. The highest BCUT2D eigenvalue weighted by Gasteiger charge is 2.10. The predicted molar refractivity (Wildman–Crippen MR) is 259 cm³/mol. The molecule has 2 heterocycles. The SMILES string of the molecule is c1ccc2c(CNCCn3cc(CNCc4ccc(-c5ccc(CNCc6cn(CCNCc7c8ccccc8cc8ccccc78)nn6)cc5)cc4)nn3)c3ccccc3cc2c1. The molecule has 0 amide bonds. The molecule has 0 saturated carbocycles. The van der Waals surface area contributed by atoms with Crippen molar-refractivity contribution in [2.45, 2.75) is 52.4 Å². The molecule has 0 fully saturated rings. The van der Waals surface area contributed by atoms with Crippen molar-refractivity contribution >= 4 is 43.1 Å². The smallest absolute Gasteiger partial charge is 0.0964 e. The van der Waals surface area contributed by atoms with Crippen LogP contribution in [0.1, 0.15) is 33.6 Å². The van der Waals surface area contributed by atoms with Gasteiger partial charge in [0.15, 0.2) is 0 Å². The molecule has 8 aromatic carbocycles. The van der Waals surface area contributed by atoms with Crippen molar-refractivity contribution in [3.8, 4) is 11.1 Å². The average Bonchev–Trinajstić information content (AvgIpc) is 4.00. The summed E-state index contributed by atoms with van der Waals surface area (Å²) in [6, 6.07) is 56.6. The molecule has 0 radical (unpaired) electrons. The molecule has 0 saturated heterocycles. The number of rotatable bonds is 19. The van der Waals surface area contributed by atoms with E-state index in [1.807, 2.05) is 21.8 Å². The maximum atomic E-state index is 4.40. The molecule has 2 aromatic heterocycles. The fourth-order valence-electron chi connectivity index (χ4n) is 8.77. The van der Waals surface area contributed by atoms with Crippen molar-refractivity contribution in [2.24, 2.45) is 0 Å². The van der Waals surface area contributed by atoms with Crippen molar-refractivity contribution < 1.29 is 0 Å². The molecule has 0 bridgehead atoms. The first-order valence-electron chi connectivity index (χ1n) is 22.3. The summed E-state index contributed by atoms with van der Waals surface area (Å²) < 4.78 is 3.84. The van der Waals surface area contributed by atoms with E-state index in [2.05, 4.69) is 200 Å². The summed E-state index contributed by atoms with van der Waals surface area (Å²) in [6.07, 6.45) is 4.07. The highest BCUT2D eigenvalue weighted by Crippen LogP contribution is 2.30.